The smallest absolute Gasteiger partial charge is 0.276 e. The van der Waals surface area contributed by atoms with Crippen molar-refractivity contribution in [2.75, 3.05) is 5.32 Å². The number of nitrogens with zero attached hydrogens (tertiary/aromatic N) is 4. The lowest BCUT2D eigenvalue weighted by Gasteiger charge is -2.04. The summed E-state index contributed by atoms with van der Waals surface area (Å²) in [6.07, 6.45) is 1.60. The molecule has 2 aromatic rings. The topological polar surface area (TPSA) is 72.7 Å². The number of hydrogen-bond acceptors (Lipinski definition) is 5. The van der Waals surface area contributed by atoms with Crippen molar-refractivity contribution in [3.63, 3.8) is 0 Å². The number of nitrogens with one attached hydrogen (secondary N) is 1. The van der Waals surface area contributed by atoms with Crippen LogP contribution in [0.4, 0.5) is 5.13 Å². The minimum absolute atomic E-state index is 0.247. The Morgan fingerprint density at radius 2 is 2.50 bits per heavy atom. The fourth-order valence-electron chi connectivity index (χ4n) is 1.21. The molecule has 6 nitrogen and oxygen atoms in total. The van der Waals surface area contributed by atoms with Crippen molar-refractivity contribution in [3.05, 3.63) is 21.9 Å². The number of carbonyl (C=O) groups excluding carboxylic acids is 1. The van der Waals surface area contributed by atoms with Crippen molar-refractivity contribution in [2.45, 2.75) is 13.5 Å². The quantitative estimate of drug-likeness (QED) is 0.938. The predicted molar refractivity (Wildman–Crippen MR) is 63.5 cm³/mol. The van der Waals surface area contributed by atoms with Gasteiger partial charge in [0.1, 0.15) is 11.2 Å². The van der Waals surface area contributed by atoms with Gasteiger partial charge in [-0.3, -0.25) is 14.8 Å². The van der Waals surface area contributed by atoms with Crippen molar-refractivity contribution >= 4 is 38.3 Å². The van der Waals surface area contributed by atoms with Crippen LogP contribution >= 0.6 is 27.3 Å². The molecule has 0 aromatic carbocycles. The average Bonchev–Trinajstić information content (AvgIpc) is 2.87. The molecule has 0 fully saturated rings. The van der Waals surface area contributed by atoms with Crippen LogP contribution in [0.25, 0.3) is 0 Å². The standard InChI is InChI=1S/C8H8BrN5OS/c1-2-14-6(5(9)3-11-14)7(15)12-8-13-10-4-16-8/h3-4H,2H2,1H3,(H,12,13,15). The van der Waals surface area contributed by atoms with Gasteiger partial charge in [-0.15, -0.1) is 10.2 Å². The molecule has 0 radical (unpaired) electrons. The second-order valence-corrected chi connectivity index (χ2v) is 4.54. The van der Waals surface area contributed by atoms with E-state index >= 15 is 0 Å². The minimum Gasteiger partial charge on any atom is -0.295 e. The fraction of sp³-hybridized carbons (Fsp3) is 0.250. The summed E-state index contributed by atoms with van der Waals surface area (Å²) in [5.41, 5.74) is 2.04. The van der Waals surface area contributed by atoms with Gasteiger partial charge in [0.25, 0.3) is 5.91 Å². The van der Waals surface area contributed by atoms with E-state index in [4.69, 9.17) is 0 Å². The molecular weight excluding hydrogens is 294 g/mol. The second kappa shape index (κ2) is 4.71. The zero-order valence-corrected chi connectivity index (χ0v) is 10.7. The summed E-state index contributed by atoms with van der Waals surface area (Å²) in [4.78, 5) is 11.9. The van der Waals surface area contributed by atoms with E-state index < -0.39 is 0 Å². The van der Waals surface area contributed by atoms with E-state index in [0.717, 1.165) is 0 Å². The lowest BCUT2D eigenvalue weighted by molar-refractivity contribution is 0.101. The van der Waals surface area contributed by atoms with Crippen LogP contribution in [-0.4, -0.2) is 25.9 Å². The van der Waals surface area contributed by atoms with Crippen LogP contribution in [0.1, 0.15) is 17.4 Å². The lowest BCUT2D eigenvalue weighted by Crippen LogP contribution is -2.17. The highest BCUT2D eigenvalue weighted by Gasteiger charge is 2.17. The molecule has 2 heterocycles. The van der Waals surface area contributed by atoms with Crippen LogP contribution < -0.4 is 5.32 Å². The van der Waals surface area contributed by atoms with Gasteiger partial charge in [0, 0.05) is 6.54 Å². The van der Waals surface area contributed by atoms with Crippen molar-refractivity contribution < 1.29 is 4.79 Å². The van der Waals surface area contributed by atoms with Crippen LogP contribution in [0.2, 0.25) is 0 Å². The number of anilines is 1. The Balaban J connectivity index is 2.23. The van der Waals surface area contributed by atoms with Crippen LogP contribution in [0.3, 0.4) is 0 Å². The first-order chi connectivity index (χ1) is 7.72. The van der Waals surface area contributed by atoms with Crippen molar-refractivity contribution in [1.29, 1.82) is 0 Å². The first-order valence-corrected chi connectivity index (χ1v) is 6.18. The Hall–Kier alpha value is -1.28. The van der Waals surface area contributed by atoms with Gasteiger partial charge in [0.15, 0.2) is 0 Å². The summed E-state index contributed by atoms with van der Waals surface area (Å²) >= 11 is 4.55. The van der Waals surface area contributed by atoms with Gasteiger partial charge in [0.05, 0.1) is 10.7 Å². The van der Waals surface area contributed by atoms with E-state index in [1.807, 2.05) is 6.92 Å². The Labute approximate surface area is 104 Å². The van der Waals surface area contributed by atoms with Crippen molar-refractivity contribution in [3.8, 4) is 0 Å². The summed E-state index contributed by atoms with van der Waals surface area (Å²) in [5.74, 6) is -0.247. The molecule has 1 N–H and O–H groups in total. The summed E-state index contributed by atoms with van der Waals surface area (Å²) < 4.78 is 2.27. The van der Waals surface area contributed by atoms with Gasteiger partial charge < -0.3 is 0 Å². The molecule has 84 valence electrons. The number of halogens is 1. The molecule has 16 heavy (non-hydrogen) atoms. The molecule has 0 bridgehead atoms. The summed E-state index contributed by atoms with van der Waals surface area (Å²) in [6, 6.07) is 0. The Morgan fingerprint density at radius 1 is 1.69 bits per heavy atom. The Bertz CT molecular complexity index is 495. The number of carbonyl (C=O) groups is 1. The van der Waals surface area contributed by atoms with Gasteiger partial charge >= 0.3 is 0 Å². The largest absolute Gasteiger partial charge is 0.295 e. The number of aryl methyl sites for hydroxylation is 1. The summed E-state index contributed by atoms with van der Waals surface area (Å²) in [5, 5.41) is 14.6. The number of aromatic nitrogens is 4. The molecule has 2 aromatic heterocycles. The molecule has 0 aliphatic rings. The zero-order valence-electron chi connectivity index (χ0n) is 8.35. The lowest BCUT2D eigenvalue weighted by atomic mass is 10.4. The van der Waals surface area contributed by atoms with E-state index in [9.17, 15) is 4.79 Å². The highest BCUT2D eigenvalue weighted by molar-refractivity contribution is 9.10. The SMILES string of the molecule is CCn1ncc(Br)c1C(=O)Nc1nncs1. The molecule has 1 amide bonds. The van der Waals surface area contributed by atoms with Crippen LogP contribution in [0, 0.1) is 0 Å². The van der Waals surface area contributed by atoms with Gasteiger partial charge in [-0.2, -0.15) is 5.10 Å². The first-order valence-electron chi connectivity index (χ1n) is 4.51. The Kier molecular flexibility index (Phi) is 3.30. The monoisotopic (exact) mass is 301 g/mol. The maximum absolute atomic E-state index is 11.9. The van der Waals surface area contributed by atoms with E-state index in [1.165, 1.54) is 11.3 Å². The minimum atomic E-state index is -0.247. The van der Waals surface area contributed by atoms with E-state index in [2.05, 4.69) is 36.5 Å². The third kappa shape index (κ3) is 2.12. The zero-order chi connectivity index (χ0) is 11.5. The predicted octanol–water partition coefficient (Wildman–Crippen LogP) is 1.77. The van der Waals surface area contributed by atoms with Gasteiger partial charge in [0.2, 0.25) is 5.13 Å². The normalized spacial score (nSPS) is 10.4. The van der Waals surface area contributed by atoms with Crippen molar-refractivity contribution in [1.82, 2.24) is 20.0 Å². The maximum Gasteiger partial charge on any atom is 0.276 e. The molecule has 0 saturated carbocycles. The first kappa shape index (κ1) is 11.2. The molecule has 0 unspecified atom stereocenters. The third-order valence-corrected chi connectivity index (χ3v) is 3.08. The molecule has 0 aliphatic carbocycles. The highest BCUT2D eigenvalue weighted by Crippen LogP contribution is 2.18. The molecule has 0 atom stereocenters. The van der Waals surface area contributed by atoms with Crippen LogP contribution in [-0.2, 0) is 6.54 Å². The Morgan fingerprint density at radius 3 is 3.12 bits per heavy atom. The molecule has 2 rings (SSSR count). The van der Waals surface area contributed by atoms with E-state index in [1.54, 1.807) is 16.4 Å². The van der Waals surface area contributed by atoms with Gasteiger partial charge in [-0.05, 0) is 22.9 Å². The molecule has 8 heteroatoms. The second-order valence-electron chi connectivity index (χ2n) is 2.85. The number of amides is 1. The average molecular weight is 302 g/mol. The van der Waals surface area contributed by atoms with Gasteiger partial charge in [-0.1, -0.05) is 11.3 Å². The molecule has 0 aliphatic heterocycles. The summed E-state index contributed by atoms with van der Waals surface area (Å²) in [7, 11) is 0. The number of hydrogen-bond donors (Lipinski definition) is 1. The number of rotatable bonds is 3. The van der Waals surface area contributed by atoms with E-state index in [0.29, 0.717) is 21.8 Å². The van der Waals surface area contributed by atoms with Crippen LogP contribution in [0.15, 0.2) is 16.2 Å². The fourth-order valence-corrected chi connectivity index (χ4v) is 2.13. The van der Waals surface area contributed by atoms with Crippen LogP contribution in [0.5, 0.6) is 0 Å². The van der Waals surface area contributed by atoms with Gasteiger partial charge in [-0.25, -0.2) is 0 Å². The van der Waals surface area contributed by atoms with E-state index in [-0.39, 0.29) is 5.91 Å². The highest BCUT2D eigenvalue weighted by atomic mass is 79.9. The molecule has 0 saturated heterocycles. The maximum atomic E-state index is 11.9. The molecule has 0 spiro atoms. The summed E-state index contributed by atoms with van der Waals surface area (Å²) in [6.45, 7) is 2.55. The third-order valence-electron chi connectivity index (χ3n) is 1.89. The molecular formula is C8H8BrN5OS. The van der Waals surface area contributed by atoms with Crippen molar-refractivity contribution in [2.24, 2.45) is 0 Å².